The molecule has 0 aliphatic carbocycles. The molecule has 2 aromatic rings. The van der Waals surface area contributed by atoms with Crippen LogP contribution < -0.4 is 0 Å². The fourth-order valence-electron chi connectivity index (χ4n) is 2.14. The van der Waals surface area contributed by atoms with Crippen LogP contribution in [0.4, 0.5) is 0 Å². The molecule has 2 heterocycles. The summed E-state index contributed by atoms with van der Waals surface area (Å²) in [5, 5.41) is 3.95. The zero-order valence-electron chi connectivity index (χ0n) is 10.7. The van der Waals surface area contributed by atoms with E-state index in [1.54, 1.807) is 0 Å². The molecule has 3 rings (SSSR count). The average molecular weight is 337 g/mol. The van der Waals surface area contributed by atoms with Crippen LogP contribution in [0, 0.1) is 0 Å². The zero-order chi connectivity index (χ0) is 13.9. The van der Waals surface area contributed by atoms with Crippen molar-refractivity contribution in [3.8, 4) is 0 Å². The first kappa shape index (κ1) is 13.5. The van der Waals surface area contributed by atoms with E-state index in [1.165, 1.54) is 0 Å². The van der Waals surface area contributed by atoms with Crippen molar-refractivity contribution in [2.75, 3.05) is 13.2 Å². The molecular formula is C14H13BrN2O3. The Balaban J connectivity index is 1.77. The maximum atomic E-state index is 11.8. The number of ether oxygens (including phenoxy) is 1. The van der Waals surface area contributed by atoms with Crippen LogP contribution in [0.3, 0.4) is 0 Å². The lowest BCUT2D eigenvalue weighted by molar-refractivity contribution is -0.127. The van der Waals surface area contributed by atoms with Gasteiger partial charge in [-0.25, -0.2) is 0 Å². The highest BCUT2D eigenvalue weighted by Gasteiger charge is 2.29. The van der Waals surface area contributed by atoms with Gasteiger partial charge in [-0.1, -0.05) is 39.3 Å². The molecule has 104 valence electrons. The summed E-state index contributed by atoms with van der Waals surface area (Å²) in [6, 6.07) is 7.87. The molecule has 1 saturated heterocycles. The van der Waals surface area contributed by atoms with Crippen molar-refractivity contribution in [3.05, 3.63) is 46.0 Å². The van der Waals surface area contributed by atoms with Crippen LogP contribution in [-0.2, 0) is 16.0 Å². The molecule has 1 atom stereocenters. The van der Waals surface area contributed by atoms with E-state index >= 15 is 0 Å². The van der Waals surface area contributed by atoms with E-state index in [1.807, 2.05) is 24.3 Å². The van der Waals surface area contributed by atoms with Crippen molar-refractivity contribution >= 4 is 21.7 Å². The van der Waals surface area contributed by atoms with Crippen LogP contribution >= 0.6 is 15.9 Å². The lowest BCUT2D eigenvalue weighted by Crippen LogP contribution is -2.25. The normalized spacial score (nSPS) is 19.2. The van der Waals surface area contributed by atoms with Gasteiger partial charge in [0.2, 0.25) is 5.89 Å². The van der Waals surface area contributed by atoms with Gasteiger partial charge in [0.15, 0.2) is 5.82 Å². The van der Waals surface area contributed by atoms with Gasteiger partial charge in [0.1, 0.15) is 11.7 Å². The van der Waals surface area contributed by atoms with E-state index in [0.29, 0.717) is 37.8 Å². The third kappa shape index (κ3) is 2.81. The molecule has 1 aromatic heterocycles. The van der Waals surface area contributed by atoms with Gasteiger partial charge >= 0.3 is 0 Å². The summed E-state index contributed by atoms with van der Waals surface area (Å²) in [6.07, 6.45) is 0.972. The quantitative estimate of drug-likeness (QED) is 0.861. The molecule has 6 heteroatoms. The zero-order valence-corrected chi connectivity index (χ0v) is 12.3. The van der Waals surface area contributed by atoms with Gasteiger partial charge in [-0.05, 0) is 11.6 Å². The third-order valence-electron chi connectivity index (χ3n) is 3.25. The number of rotatable bonds is 3. The van der Waals surface area contributed by atoms with Crippen LogP contribution in [0.15, 0.2) is 33.3 Å². The summed E-state index contributed by atoms with van der Waals surface area (Å²) in [5.74, 6) is 0.624. The fourth-order valence-corrected chi connectivity index (χ4v) is 2.57. The molecule has 0 radical (unpaired) electrons. The number of hydrogen-bond acceptors (Lipinski definition) is 5. The minimum atomic E-state index is -0.413. The summed E-state index contributed by atoms with van der Waals surface area (Å²) in [5.41, 5.74) is 1.08. The Morgan fingerprint density at radius 2 is 2.20 bits per heavy atom. The molecule has 1 unspecified atom stereocenters. The highest BCUT2D eigenvalue weighted by atomic mass is 79.9. The van der Waals surface area contributed by atoms with Gasteiger partial charge < -0.3 is 9.26 Å². The number of aromatic nitrogens is 2. The monoisotopic (exact) mass is 336 g/mol. The Bertz CT molecular complexity index is 626. The highest BCUT2D eigenvalue weighted by Crippen LogP contribution is 2.23. The van der Waals surface area contributed by atoms with Crippen LogP contribution in [-0.4, -0.2) is 29.1 Å². The van der Waals surface area contributed by atoms with Gasteiger partial charge in [0.25, 0.3) is 0 Å². The second kappa shape index (κ2) is 5.85. The summed E-state index contributed by atoms with van der Waals surface area (Å²) in [6.45, 7) is 0.808. The summed E-state index contributed by atoms with van der Waals surface area (Å²) in [4.78, 5) is 16.1. The van der Waals surface area contributed by atoms with Gasteiger partial charge in [0, 0.05) is 17.3 Å². The molecule has 0 spiro atoms. The highest BCUT2D eigenvalue weighted by molar-refractivity contribution is 9.10. The number of ketones is 1. The third-order valence-corrected chi connectivity index (χ3v) is 4.03. The van der Waals surface area contributed by atoms with Crippen molar-refractivity contribution in [3.63, 3.8) is 0 Å². The Hall–Kier alpha value is -1.53. The first-order valence-electron chi connectivity index (χ1n) is 6.40. The van der Waals surface area contributed by atoms with Crippen LogP contribution in [0.25, 0.3) is 0 Å². The number of Topliss-reactive ketones (excluding diaryl/α,β-unsaturated/α-hetero) is 1. The minimum Gasteiger partial charge on any atom is -0.380 e. The van der Waals surface area contributed by atoms with Crippen molar-refractivity contribution in [1.29, 1.82) is 0 Å². The molecule has 20 heavy (non-hydrogen) atoms. The second-order valence-corrected chi connectivity index (χ2v) is 5.52. The number of carbonyl (C=O) groups is 1. The largest absolute Gasteiger partial charge is 0.380 e. The Labute approximate surface area is 124 Å². The van der Waals surface area contributed by atoms with Crippen LogP contribution in [0.2, 0.25) is 0 Å². The molecule has 1 aliphatic heterocycles. The Morgan fingerprint density at radius 1 is 1.35 bits per heavy atom. The Morgan fingerprint density at radius 3 is 3.00 bits per heavy atom. The number of carbonyl (C=O) groups excluding carboxylic acids is 1. The van der Waals surface area contributed by atoms with E-state index in [4.69, 9.17) is 9.26 Å². The molecule has 0 bridgehead atoms. The smallest absolute Gasteiger partial charge is 0.239 e. The fraction of sp³-hybridized carbons (Fsp3) is 0.357. The molecule has 0 amide bonds. The first-order valence-corrected chi connectivity index (χ1v) is 7.19. The summed E-state index contributed by atoms with van der Waals surface area (Å²) in [7, 11) is 0. The number of nitrogens with zero attached hydrogens (tertiary/aromatic N) is 2. The Kier molecular flexibility index (Phi) is 3.93. The second-order valence-electron chi connectivity index (χ2n) is 4.66. The number of benzene rings is 1. The summed E-state index contributed by atoms with van der Waals surface area (Å²) < 4.78 is 11.5. The van der Waals surface area contributed by atoms with Crippen molar-refractivity contribution < 1.29 is 14.1 Å². The van der Waals surface area contributed by atoms with Crippen LogP contribution in [0.1, 0.15) is 29.6 Å². The first-order chi connectivity index (χ1) is 9.74. The topological polar surface area (TPSA) is 65.2 Å². The lowest BCUT2D eigenvalue weighted by atomic mass is 10.0. The van der Waals surface area contributed by atoms with E-state index in [2.05, 4.69) is 26.1 Å². The maximum absolute atomic E-state index is 11.8. The number of halogens is 1. The summed E-state index contributed by atoms with van der Waals surface area (Å²) >= 11 is 3.49. The predicted octanol–water partition coefficient (Wildman–Crippen LogP) is 2.50. The molecule has 0 saturated carbocycles. The SMILES string of the molecule is O=C1CCOCC1c1nc(Cc2ccccc2Br)no1. The van der Waals surface area contributed by atoms with Gasteiger partial charge in [-0.3, -0.25) is 4.79 Å². The van der Waals surface area contributed by atoms with Crippen molar-refractivity contribution in [2.45, 2.75) is 18.8 Å². The van der Waals surface area contributed by atoms with Crippen molar-refractivity contribution in [2.24, 2.45) is 0 Å². The number of hydrogen-bond donors (Lipinski definition) is 0. The van der Waals surface area contributed by atoms with Crippen LogP contribution in [0.5, 0.6) is 0 Å². The maximum Gasteiger partial charge on any atom is 0.239 e. The molecule has 0 N–H and O–H groups in total. The molecular weight excluding hydrogens is 324 g/mol. The van der Waals surface area contributed by atoms with Gasteiger partial charge in [-0.2, -0.15) is 4.98 Å². The standard InChI is InChI=1S/C14H13BrN2O3/c15-11-4-2-1-3-9(11)7-13-16-14(20-17-13)10-8-19-6-5-12(10)18/h1-4,10H,5-8H2. The molecule has 1 fully saturated rings. The van der Waals surface area contributed by atoms with Gasteiger partial charge in [-0.15, -0.1) is 0 Å². The van der Waals surface area contributed by atoms with Crippen molar-refractivity contribution in [1.82, 2.24) is 10.1 Å². The van der Waals surface area contributed by atoms with E-state index in [9.17, 15) is 4.79 Å². The molecule has 5 nitrogen and oxygen atoms in total. The average Bonchev–Trinajstić information content (AvgIpc) is 2.90. The minimum absolute atomic E-state index is 0.104. The molecule has 1 aromatic carbocycles. The van der Waals surface area contributed by atoms with E-state index in [-0.39, 0.29) is 5.78 Å². The van der Waals surface area contributed by atoms with Gasteiger partial charge in [0.05, 0.1) is 13.2 Å². The van der Waals surface area contributed by atoms with E-state index < -0.39 is 5.92 Å². The molecule has 1 aliphatic rings. The predicted molar refractivity (Wildman–Crippen MR) is 74.4 cm³/mol. The lowest BCUT2D eigenvalue weighted by Gasteiger charge is -2.17. The van der Waals surface area contributed by atoms with E-state index in [0.717, 1.165) is 10.0 Å².